The van der Waals surface area contributed by atoms with Crippen LogP contribution in [0, 0.1) is 6.92 Å². The summed E-state index contributed by atoms with van der Waals surface area (Å²) in [5.74, 6) is 0.790. The van der Waals surface area contributed by atoms with E-state index in [1.54, 1.807) is 19.2 Å². The summed E-state index contributed by atoms with van der Waals surface area (Å²) in [5.41, 5.74) is 1.84. The van der Waals surface area contributed by atoms with Crippen molar-refractivity contribution in [2.75, 3.05) is 7.11 Å². The predicted octanol–water partition coefficient (Wildman–Crippen LogP) is 2.26. The van der Waals surface area contributed by atoms with Gasteiger partial charge in [-0.05, 0) is 24.6 Å². The third kappa shape index (κ3) is 1.37. The summed E-state index contributed by atoms with van der Waals surface area (Å²) in [4.78, 5) is 4.23. The van der Waals surface area contributed by atoms with Crippen molar-refractivity contribution in [2.24, 2.45) is 0 Å². The van der Waals surface area contributed by atoms with E-state index in [-0.39, 0.29) is 5.75 Å². The van der Waals surface area contributed by atoms with E-state index in [2.05, 4.69) is 4.98 Å². The van der Waals surface area contributed by atoms with Crippen LogP contribution in [0.1, 0.15) is 5.56 Å². The van der Waals surface area contributed by atoms with Gasteiger partial charge in [0.1, 0.15) is 5.75 Å². The maximum absolute atomic E-state index is 9.30. The molecule has 3 nitrogen and oxygen atoms in total. The van der Waals surface area contributed by atoms with Gasteiger partial charge in [-0.2, -0.15) is 0 Å². The predicted molar refractivity (Wildman–Crippen MR) is 54.7 cm³/mol. The third-order valence-electron chi connectivity index (χ3n) is 2.19. The summed E-state index contributed by atoms with van der Waals surface area (Å²) < 4.78 is 5.05. The highest BCUT2D eigenvalue weighted by Crippen LogP contribution is 2.24. The smallest absolute Gasteiger partial charge is 0.213 e. The minimum atomic E-state index is 0.220. The first-order valence-electron chi connectivity index (χ1n) is 4.35. The van der Waals surface area contributed by atoms with E-state index in [1.807, 2.05) is 19.1 Å². The topological polar surface area (TPSA) is 42.4 Å². The number of phenols is 1. The fourth-order valence-electron chi connectivity index (χ4n) is 1.46. The summed E-state index contributed by atoms with van der Waals surface area (Å²) in [6, 6.07) is 7.01. The van der Waals surface area contributed by atoms with Gasteiger partial charge in [0.05, 0.1) is 12.6 Å². The van der Waals surface area contributed by atoms with Crippen LogP contribution in [-0.4, -0.2) is 17.2 Å². The lowest BCUT2D eigenvalue weighted by atomic mass is 10.1. The number of hydrogen-bond donors (Lipinski definition) is 1. The number of benzene rings is 1. The highest BCUT2D eigenvalue weighted by molar-refractivity contribution is 5.83. The van der Waals surface area contributed by atoms with Crippen molar-refractivity contribution in [3.05, 3.63) is 29.8 Å². The second kappa shape index (κ2) is 3.18. The van der Waals surface area contributed by atoms with Crippen LogP contribution in [0.2, 0.25) is 0 Å². The Kier molecular flexibility index (Phi) is 2.00. The van der Waals surface area contributed by atoms with E-state index in [1.165, 1.54) is 0 Å². The number of aryl methyl sites for hydroxylation is 1. The number of rotatable bonds is 1. The molecule has 0 saturated carbocycles. The van der Waals surface area contributed by atoms with Crippen molar-refractivity contribution >= 4 is 10.9 Å². The molecule has 0 unspecified atom stereocenters. The van der Waals surface area contributed by atoms with Crippen LogP contribution >= 0.6 is 0 Å². The quantitative estimate of drug-likeness (QED) is 0.748. The molecule has 0 aliphatic carbocycles. The number of pyridine rings is 1. The SMILES string of the molecule is COc1cc(C)c2ccc(O)cc2n1. The Morgan fingerprint density at radius 3 is 2.79 bits per heavy atom. The molecule has 0 bridgehead atoms. The number of nitrogens with zero attached hydrogens (tertiary/aromatic N) is 1. The highest BCUT2D eigenvalue weighted by atomic mass is 16.5. The van der Waals surface area contributed by atoms with E-state index < -0.39 is 0 Å². The Morgan fingerprint density at radius 1 is 1.29 bits per heavy atom. The molecule has 0 atom stereocenters. The molecule has 1 aromatic carbocycles. The first-order chi connectivity index (χ1) is 6.70. The molecular formula is C11H11NO2. The van der Waals surface area contributed by atoms with Gasteiger partial charge in [-0.1, -0.05) is 0 Å². The average Bonchev–Trinajstić information content (AvgIpc) is 2.16. The summed E-state index contributed by atoms with van der Waals surface area (Å²) in [5, 5.41) is 10.3. The van der Waals surface area contributed by atoms with E-state index in [0.717, 1.165) is 16.5 Å². The van der Waals surface area contributed by atoms with Gasteiger partial charge in [0.2, 0.25) is 5.88 Å². The molecule has 1 heterocycles. The van der Waals surface area contributed by atoms with E-state index in [4.69, 9.17) is 4.74 Å². The number of aromatic nitrogens is 1. The minimum Gasteiger partial charge on any atom is -0.508 e. The summed E-state index contributed by atoms with van der Waals surface area (Å²) in [7, 11) is 1.58. The number of hydrogen-bond acceptors (Lipinski definition) is 3. The Morgan fingerprint density at radius 2 is 2.07 bits per heavy atom. The molecule has 0 amide bonds. The number of fused-ring (bicyclic) bond motifs is 1. The first kappa shape index (κ1) is 8.81. The van der Waals surface area contributed by atoms with Crippen LogP contribution in [0.4, 0.5) is 0 Å². The number of phenolic OH excluding ortho intramolecular Hbond substituents is 1. The zero-order valence-corrected chi connectivity index (χ0v) is 8.11. The molecule has 1 N–H and O–H groups in total. The molecule has 0 aliphatic heterocycles. The maximum atomic E-state index is 9.30. The van der Waals surface area contributed by atoms with Gasteiger partial charge in [0.15, 0.2) is 0 Å². The van der Waals surface area contributed by atoms with Gasteiger partial charge in [-0.25, -0.2) is 4.98 Å². The molecule has 0 spiro atoms. The minimum absolute atomic E-state index is 0.220. The number of methoxy groups -OCH3 is 1. The largest absolute Gasteiger partial charge is 0.508 e. The van der Waals surface area contributed by atoms with Crippen LogP contribution in [0.3, 0.4) is 0 Å². The van der Waals surface area contributed by atoms with Crippen LogP contribution in [0.25, 0.3) is 10.9 Å². The molecular weight excluding hydrogens is 178 g/mol. The molecule has 0 fully saturated rings. The molecule has 0 radical (unpaired) electrons. The molecule has 1 aromatic heterocycles. The highest BCUT2D eigenvalue weighted by Gasteiger charge is 2.03. The van der Waals surface area contributed by atoms with Gasteiger partial charge in [0.25, 0.3) is 0 Å². The van der Waals surface area contributed by atoms with Crippen LogP contribution in [0.15, 0.2) is 24.3 Å². The van der Waals surface area contributed by atoms with Crippen molar-refractivity contribution in [1.82, 2.24) is 4.98 Å². The van der Waals surface area contributed by atoms with E-state index in [0.29, 0.717) is 5.88 Å². The first-order valence-corrected chi connectivity index (χ1v) is 4.35. The fourth-order valence-corrected chi connectivity index (χ4v) is 1.46. The van der Waals surface area contributed by atoms with Crippen molar-refractivity contribution in [2.45, 2.75) is 6.92 Å². The second-order valence-corrected chi connectivity index (χ2v) is 3.18. The summed E-state index contributed by atoms with van der Waals surface area (Å²) in [6.07, 6.45) is 0. The van der Waals surface area contributed by atoms with Crippen molar-refractivity contribution in [3.63, 3.8) is 0 Å². The van der Waals surface area contributed by atoms with E-state index >= 15 is 0 Å². The lowest BCUT2D eigenvalue weighted by Gasteiger charge is -2.05. The molecule has 2 aromatic rings. The molecule has 14 heavy (non-hydrogen) atoms. The third-order valence-corrected chi connectivity index (χ3v) is 2.19. The van der Waals surface area contributed by atoms with E-state index in [9.17, 15) is 5.11 Å². The zero-order valence-electron chi connectivity index (χ0n) is 8.11. The molecule has 72 valence electrons. The molecule has 0 aliphatic rings. The Hall–Kier alpha value is -1.77. The normalized spacial score (nSPS) is 10.4. The Labute approximate surface area is 82.0 Å². The standard InChI is InChI=1S/C11H11NO2/c1-7-5-11(14-2)12-10-6-8(13)3-4-9(7)10/h3-6,13H,1-2H3. The lowest BCUT2D eigenvalue weighted by molar-refractivity contribution is 0.399. The van der Waals surface area contributed by atoms with Crippen LogP contribution < -0.4 is 4.74 Å². The van der Waals surface area contributed by atoms with Crippen LogP contribution in [0.5, 0.6) is 11.6 Å². The van der Waals surface area contributed by atoms with Crippen molar-refractivity contribution in [3.8, 4) is 11.6 Å². The summed E-state index contributed by atoms with van der Waals surface area (Å²) >= 11 is 0. The van der Waals surface area contributed by atoms with Crippen molar-refractivity contribution < 1.29 is 9.84 Å². The van der Waals surface area contributed by atoms with Gasteiger partial charge >= 0.3 is 0 Å². The van der Waals surface area contributed by atoms with Gasteiger partial charge < -0.3 is 9.84 Å². The van der Waals surface area contributed by atoms with Crippen LogP contribution in [-0.2, 0) is 0 Å². The lowest BCUT2D eigenvalue weighted by Crippen LogP contribution is -1.90. The zero-order chi connectivity index (χ0) is 10.1. The molecule has 0 saturated heterocycles. The number of aromatic hydroxyl groups is 1. The summed E-state index contributed by atoms with van der Waals surface area (Å²) in [6.45, 7) is 1.99. The average molecular weight is 189 g/mol. The van der Waals surface area contributed by atoms with Gasteiger partial charge in [0, 0.05) is 17.5 Å². The Balaban J connectivity index is 2.77. The maximum Gasteiger partial charge on any atom is 0.213 e. The second-order valence-electron chi connectivity index (χ2n) is 3.18. The molecule has 3 heteroatoms. The fraction of sp³-hybridized carbons (Fsp3) is 0.182. The molecule has 2 rings (SSSR count). The monoisotopic (exact) mass is 189 g/mol. The van der Waals surface area contributed by atoms with Gasteiger partial charge in [-0.15, -0.1) is 0 Å². The van der Waals surface area contributed by atoms with Gasteiger partial charge in [-0.3, -0.25) is 0 Å². The van der Waals surface area contributed by atoms with Crippen molar-refractivity contribution in [1.29, 1.82) is 0 Å². The Bertz CT molecular complexity index is 480. The number of ether oxygens (including phenoxy) is 1.